The molecular weight excluding hydrogens is 273 g/mol. The highest BCUT2D eigenvalue weighted by Crippen LogP contribution is 2.29. The second-order valence-corrected chi connectivity index (χ2v) is 5.42. The van der Waals surface area contributed by atoms with Gasteiger partial charge in [-0.2, -0.15) is 0 Å². The average molecular weight is 287 g/mol. The Labute approximate surface area is 120 Å². The lowest BCUT2D eigenvalue weighted by atomic mass is 10.1. The molecule has 0 aliphatic rings. The van der Waals surface area contributed by atoms with E-state index >= 15 is 0 Å². The number of hydrogen-bond acceptors (Lipinski definition) is 4. The van der Waals surface area contributed by atoms with Crippen molar-refractivity contribution in [2.45, 2.75) is 13.8 Å². The van der Waals surface area contributed by atoms with E-state index in [4.69, 9.17) is 0 Å². The van der Waals surface area contributed by atoms with Crippen molar-refractivity contribution < 1.29 is 4.39 Å². The van der Waals surface area contributed by atoms with Crippen LogP contribution in [-0.2, 0) is 0 Å². The van der Waals surface area contributed by atoms with Gasteiger partial charge in [0.2, 0.25) is 0 Å². The minimum Gasteiger partial charge on any atom is -0.370 e. The first kappa shape index (κ1) is 13.0. The van der Waals surface area contributed by atoms with E-state index in [1.54, 1.807) is 17.4 Å². The van der Waals surface area contributed by atoms with Crippen molar-refractivity contribution in [2.75, 3.05) is 11.9 Å². The summed E-state index contributed by atoms with van der Waals surface area (Å²) in [6.45, 7) is 4.69. The third kappa shape index (κ3) is 2.25. The van der Waals surface area contributed by atoms with Crippen LogP contribution in [0.15, 0.2) is 29.6 Å². The molecule has 0 amide bonds. The van der Waals surface area contributed by atoms with Crippen molar-refractivity contribution in [3.8, 4) is 11.4 Å². The summed E-state index contributed by atoms with van der Waals surface area (Å²) in [5.74, 6) is 1.22. The number of anilines is 1. The molecule has 0 fully saturated rings. The van der Waals surface area contributed by atoms with Crippen molar-refractivity contribution in [2.24, 2.45) is 0 Å². The fourth-order valence-corrected chi connectivity index (χ4v) is 2.92. The van der Waals surface area contributed by atoms with Crippen molar-refractivity contribution in [3.05, 3.63) is 41.0 Å². The van der Waals surface area contributed by atoms with E-state index < -0.39 is 0 Å². The third-order valence-corrected chi connectivity index (χ3v) is 3.91. The molecule has 102 valence electrons. The zero-order valence-corrected chi connectivity index (χ0v) is 12.1. The van der Waals surface area contributed by atoms with Crippen LogP contribution in [0, 0.1) is 12.7 Å². The minimum atomic E-state index is -0.240. The largest absolute Gasteiger partial charge is 0.370 e. The molecule has 2 heterocycles. The van der Waals surface area contributed by atoms with Gasteiger partial charge < -0.3 is 5.32 Å². The van der Waals surface area contributed by atoms with E-state index in [-0.39, 0.29) is 5.82 Å². The van der Waals surface area contributed by atoms with Crippen LogP contribution in [0.1, 0.15) is 12.5 Å². The number of thiophene rings is 1. The van der Waals surface area contributed by atoms with E-state index in [0.717, 1.165) is 33.7 Å². The van der Waals surface area contributed by atoms with Gasteiger partial charge in [0.1, 0.15) is 16.5 Å². The molecule has 0 atom stereocenters. The average Bonchev–Trinajstić information content (AvgIpc) is 2.87. The topological polar surface area (TPSA) is 37.8 Å². The Bertz CT molecular complexity index is 767. The maximum absolute atomic E-state index is 13.2. The summed E-state index contributed by atoms with van der Waals surface area (Å²) in [4.78, 5) is 10.1. The number of benzene rings is 1. The Morgan fingerprint density at radius 3 is 2.85 bits per heavy atom. The number of nitrogens with zero attached hydrogens (tertiary/aromatic N) is 2. The quantitative estimate of drug-likeness (QED) is 0.783. The second kappa shape index (κ2) is 5.17. The van der Waals surface area contributed by atoms with Gasteiger partial charge in [-0.25, -0.2) is 14.4 Å². The minimum absolute atomic E-state index is 0.240. The van der Waals surface area contributed by atoms with Crippen LogP contribution in [-0.4, -0.2) is 16.5 Å². The normalized spacial score (nSPS) is 10.9. The standard InChI is InChI=1S/C15H14FN3S/c1-3-17-13-12-6-7-20-15(12)19-14(18-13)11-5-4-10(16)8-9(11)2/h4-8H,3H2,1-2H3,(H,17,18,19). The highest BCUT2D eigenvalue weighted by Gasteiger charge is 2.12. The maximum atomic E-state index is 13.2. The first-order chi connectivity index (χ1) is 9.69. The van der Waals surface area contributed by atoms with Crippen molar-refractivity contribution in [1.29, 1.82) is 0 Å². The van der Waals surface area contributed by atoms with Gasteiger partial charge in [0, 0.05) is 12.1 Å². The summed E-state index contributed by atoms with van der Waals surface area (Å²) in [5.41, 5.74) is 1.70. The van der Waals surface area contributed by atoms with Crippen LogP contribution < -0.4 is 5.32 Å². The molecule has 0 saturated carbocycles. The summed E-state index contributed by atoms with van der Waals surface area (Å²) in [7, 11) is 0. The van der Waals surface area contributed by atoms with Gasteiger partial charge in [-0.3, -0.25) is 0 Å². The van der Waals surface area contributed by atoms with Gasteiger partial charge in [0.05, 0.1) is 5.39 Å². The molecule has 0 saturated heterocycles. The number of nitrogens with one attached hydrogen (secondary N) is 1. The highest BCUT2D eigenvalue weighted by atomic mass is 32.1. The lowest BCUT2D eigenvalue weighted by Gasteiger charge is -2.09. The molecule has 0 spiro atoms. The lowest BCUT2D eigenvalue weighted by Crippen LogP contribution is -2.02. The second-order valence-electron chi connectivity index (χ2n) is 4.52. The van der Waals surface area contributed by atoms with Gasteiger partial charge in [-0.1, -0.05) is 0 Å². The Morgan fingerprint density at radius 2 is 2.10 bits per heavy atom. The lowest BCUT2D eigenvalue weighted by molar-refractivity contribution is 0.627. The van der Waals surface area contributed by atoms with Crippen LogP contribution in [0.3, 0.4) is 0 Å². The van der Waals surface area contributed by atoms with Crippen molar-refractivity contribution in [1.82, 2.24) is 9.97 Å². The molecule has 3 rings (SSSR count). The van der Waals surface area contributed by atoms with Crippen molar-refractivity contribution >= 4 is 27.4 Å². The summed E-state index contributed by atoms with van der Waals surface area (Å²) in [6.07, 6.45) is 0. The van der Waals surface area contributed by atoms with Crippen LogP contribution in [0.5, 0.6) is 0 Å². The summed E-state index contributed by atoms with van der Waals surface area (Å²) in [5, 5.41) is 6.29. The molecule has 5 heteroatoms. The van der Waals surface area contributed by atoms with Gasteiger partial charge in [-0.15, -0.1) is 11.3 Å². The van der Waals surface area contributed by atoms with Crippen LogP contribution in [0.2, 0.25) is 0 Å². The number of aromatic nitrogens is 2. The predicted molar refractivity (Wildman–Crippen MR) is 81.7 cm³/mol. The van der Waals surface area contributed by atoms with Crippen LogP contribution in [0.4, 0.5) is 10.2 Å². The number of aryl methyl sites for hydroxylation is 1. The Balaban J connectivity index is 2.20. The van der Waals surface area contributed by atoms with Gasteiger partial charge >= 0.3 is 0 Å². The number of halogens is 1. The van der Waals surface area contributed by atoms with Gasteiger partial charge in [0.15, 0.2) is 5.82 Å². The first-order valence-corrected chi connectivity index (χ1v) is 7.32. The molecule has 2 aromatic heterocycles. The predicted octanol–water partition coefficient (Wildman–Crippen LogP) is 4.24. The highest BCUT2D eigenvalue weighted by molar-refractivity contribution is 7.16. The molecule has 0 radical (unpaired) electrons. The number of hydrogen-bond donors (Lipinski definition) is 1. The van der Waals surface area contributed by atoms with E-state index in [0.29, 0.717) is 5.82 Å². The van der Waals surface area contributed by atoms with Crippen LogP contribution in [0.25, 0.3) is 21.6 Å². The number of fused-ring (bicyclic) bond motifs is 1. The summed E-state index contributed by atoms with van der Waals surface area (Å²) in [6, 6.07) is 6.69. The van der Waals surface area contributed by atoms with E-state index in [2.05, 4.69) is 15.3 Å². The molecule has 3 nitrogen and oxygen atoms in total. The molecule has 0 bridgehead atoms. The van der Waals surface area contributed by atoms with E-state index in [1.165, 1.54) is 12.1 Å². The third-order valence-electron chi connectivity index (χ3n) is 3.10. The molecule has 0 aliphatic carbocycles. The van der Waals surface area contributed by atoms with Gasteiger partial charge in [0.25, 0.3) is 0 Å². The Hall–Kier alpha value is -2.01. The molecular formula is C15H14FN3S. The van der Waals surface area contributed by atoms with Crippen molar-refractivity contribution in [3.63, 3.8) is 0 Å². The smallest absolute Gasteiger partial charge is 0.163 e. The summed E-state index contributed by atoms with van der Waals surface area (Å²) >= 11 is 1.58. The fraction of sp³-hybridized carbons (Fsp3) is 0.200. The molecule has 3 aromatic rings. The molecule has 0 aliphatic heterocycles. The van der Waals surface area contributed by atoms with E-state index in [1.807, 2.05) is 25.3 Å². The molecule has 1 aromatic carbocycles. The fourth-order valence-electron chi connectivity index (χ4n) is 2.16. The molecule has 1 N–H and O–H groups in total. The van der Waals surface area contributed by atoms with E-state index in [9.17, 15) is 4.39 Å². The maximum Gasteiger partial charge on any atom is 0.163 e. The number of rotatable bonds is 3. The SMILES string of the molecule is CCNc1nc(-c2ccc(F)cc2C)nc2sccc12. The first-order valence-electron chi connectivity index (χ1n) is 6.44. The van der Waals surface area contributed by atoms with Crippen LogP contribution >= 0.6 is 11.3 Å². The monoisotopic (exact) mass is 287 g/mol. The molecule has 20 heavy (non-hydrogen) atoms. The molecule has 0 unspecified atom stereocenters. The zero-order valence-electron chi connectivity index (χ0n) is 11.3. The zero-order chi connectivity index (χ0) is 14.1. The van der Waals surface area contributed by atoms with Gasteiger partial charge in [-0.05, 0) is 49.1 Å². The summed E-state index contributed by atoms with van der Waals surface area (Å²) < 4.78 is 13.2. The Morgan fingerprint density at radius 1 is 1.25 bits per heavy atom. The Kier molecular flexibility index (Phi) is 3.36.